The van der Waals surface area contributed by atoms with Crippen LogP contribution in [0.2, 0.25) is 0 Å². The third-order valence-corrected chi connectivity index (χ3v) is 4.26. The van der Waals surface area contributed by atoms with Gasteiger partial charge in [-0.3, -0.25) is 14.9 Å². The van der Waals surface area contributed by atoms with Crippen molar-refractivity contribution in [2.45, 2.75) is 31.6 Å². The molecule has 1 aliphatic heterocycles. The van der Waals surface area contributed by atoms with Gasteiger partial charge >= 0.3 is 0 Å². The van der Waals surface area contributed by atoms with Crippen molar-refractivity contribution in [1.82, 2.24) is 0 Å². The molecule has 112 valence electrons. The molecule has 1 aromatic carbocycles. The van der Waals surface area contributed by atoms with Crippen LogP contribution in [0.25, 0.3) is 0 Å². The molecule has 0 spiro atoms. The smallest absolute Gasteiger partial charge is 0.231 e. The van der Waals surface area contributed by atoms with Gasteiger partial charge in [-0.05, 0) is 30.5 Å². The molecule has 1 fully saturated rings. The molecule has 1 aliphatic carbocycles. The van der Waals surface area contributed by atoms with Crippen LogP contribution in [0, 0.1) is 16.0 Å². The third-order valence-electron chi connectivity index (χ3n) is 4.26. The monoisotopic (exact) mass is 291 g/mol. The lowest BCUT2D eigenvalue weighted by molar-refractivity contribution is -0.484. The molecular formula is C15H17NO5. The van der Waals surface area contributed by atoms with E-state index in [-0.39, 0.29) is 35.9 Å². The van der Waals surface area contributed by atoms with Gasteiger partial charge in [-0.2, -0.15) is 0 Å². The molecule has 0 saturated heterocycles. The highest BCUT2D eigenvalue weighted by molar-refractivity contribution is 5.82. The van der Waals surface area contributed by atoms with E-state index in [4.69, 9.17) is 9.47 Å². The van der Waals surface area contributed by atoms with E-state index in [0.717, 1.165) is 24.8 Å². The van der Waals surface area contributed by atoms with Crippen molar-refractivity contribution >= 4 is 5.78 Å². The maximum absolute atomic E-state index is 12.1. The van der Waals surface area contributed by atoms with Crippen molar-refractivity contribution in [1.29, 1.82) is 0 Å². The predicted molar refractivity (Wildman–Crippen MR) is 74.1 cm³/mol. The number of Topliss-reactive ketones (excluding diaryl/α,β-unsaturated/α-hetero) is 1. The van der Waals surface area contributed by atoms with Gasteiger partial charge in [0.2, 0.25) is 13.3 Å². The van der Waals surface area contributed by atoms with Gasteiger partial charge in [-0.15, -0.1) is 0 Å². The number of rotatable bonds is 4. The Balaban J connectivity index is 1.91. The molecule has 0 radical (unpaired) electrons. The van der Waals surface area contributed by atoms with E-state index in [9.17, 15) is 14.9 Å². The summed E-state index contributed by atoms with van der Waals surface area (Å²) in [6, 6.07) is 5.35. The Morgan fingerprint density at radius 3 is 2.86 bits per heavy atom. The largest absolute Gasteiger partial charge is 0.454 e. The first-order valence-corrected chi connectivity index (χ1v) is 7.19. The number of nitrogens with zero attached hydrogens (tertiary/aromatic N) is 1. The fourth-order valence-electron chi connectivity index (χ4n) is 3.20. The van der Waals surface area contributed by atoms with Crippen LogP contribution in [-0.2, 0) is 4.79 Å². The molecule has 1 heterocycles. The predicted octanol–water partition coefficient (Wildman–Crippen LogP) is 2.53. The molecule has 2 atom stereocenters. The Morgan fingerprint density at radius 1 is 1.29 bits per heavy atom. The zero-order valence-corrected chi connectivity index (χ0v) is 11.6. The van der Waals surface area contributed by atoms with E-state index < -0.39 is 0 Å². The molecular weight excluding hydrogens is 274 g/mol. The standard InChI is InChI=1S/C15H17NO5/c17-13-4-2-1-3-11(13)12(8-16(18)19)10-5-6-14-15(7-10)21-9-20-14/h5-7,11-12H,1-4,8-9H2/t11-,12-/m1/s1. The second-order valence-corrected chi connectivity index (χ2v) is 5.55. The zero-order chi connectivity index (χ0) is 14.8. The van der Waals surface area contributed by atoms with Crippen molar-refractivity contribution in [2.75, 3.05) is 13.3 Å². The Bertz CT molecular complexity index is 571. The summed E-state index contributed by atoms with van der Waals surface area (Å²) in [7, 11) is 0. The summed E-state index contributed by atoms with van der Waals surface area (Å²) in [6.07, 6.45) is 3.10. The van der Waals surface area contributed by atoms with Crippen LogP contribution in [0.3, 0.4) is 0 Å². The van der Waals surface area contributed by atoms with E-state index in [1.165, 1.54) is 0 Å². The summed E-state index contributed by atoms with van der Waals surface area (Å²) < 4.78 is 10.6. The van der Waals surface area contributed by atoms with Crippen LogP contribution >= 0.6 is 0 Å². The zero-order valence-electron chi connectivity index (χ0n) is 11.6. The quantitative estimate of drug-likeness (QED) is 0.629. The van der Waals surface area contributed by atoms with E-state index >= 15 is 0 Å². The Hall–Kier alpha value is -2.11. The second-order valence-electron chi connectivity index (χ2n) is 5.55. The number of hydrogen-bond donors (Lipinski definition) is 0. The van der Waals surface area contributed by atoms with Gasteiger partial charge in [0.15, 0.2) is 11.5 Å². The summed E-state index contributed by atoms with van der Waals surface area (Å²) in [6.45, 7) is -0.0584. The van der Waals surface area contributed by atoms with Crippen molar-refractivity contribution in [2.24, 2.45) is 5.92 Å². The van der Waals surface area contributed by atoms with Crippen LogP contribution in [0.1, 0.15) is 37.2 Å². The van der Waals surface area contributed by atoms with Crippen molar-refractivity contribution in [3.63, 3.8) is 0 Å². The maximum Gasteiger partial charge on any atom is 0.231 e. The first-order chi connectivity index (χ1) is 10.1. The number of nitro groups is 1. The summed E-state index contributed by atoms with van der Waals surface area (Å²) in [5.41, 5.74) is 0.788. The molecule has 0 unspecified atom stereocenters. The van der Waals surface area contributed by atoms with Crippen LogP contribution in [0.15, 0.2) is 18.2 Å². The summed E-state index contributed by atoms with van der Waals surface area (Å²) in [4.78, 5) is 22.8. The first-order valence-electron chi connectivity index (χ1n) is 7.19. The molecule has 3 rings (SSSR count). The van der Waals surface area contributed by atoms with E-state index in [1.807, 2.05) is 6.07 Å². The minimum Gasteiger partial charge on any atom is -0.454 e. The van der Waals surface area contributed by atoms with Gasteiger partial charge in [0.1, 0.15) is 5.78 Å². The fourth-order valence-corrected chi connectivity index (χ4v) is 3.20. The number of carbonyl (C=O) groups is 1. The lowest BCUT2D eigenvalue weighted by Gasteiger charge is -2.27. The minimum atomic E-state index is -0.387. The Morgan fingerprint density at radius 2 is 2.10 bits per heavy atom. The van der Waals surface area contributed by atoms with Crippen LogP contribution in [0.4, 0.5) is 0 Å². The van der Waals surface area contributed by atoms with Gasteiger partial charge < -0.3 is 9.47 Å². The number of fused-ring (bicyclic) bond motifs is 1. The van der Waals surface area contributed by atoms with Crippen molar-refractivity contribution in [3.8, 4) is 11.5 Å². The molecule has 6 nitrogen and oxygen atoms in total. The number of hydrogen-bond acceptors (Lipinski definition) is 5. The number of ketones is 1. The molecule has 0 N–H and O–H groups in total. The van der Waals surface area contributed by atoms with Crippen LogP contribution in [0.5, 0.6) is 11.5 Å². The first kappa shape index (κ1) is 13.9. The average Bonchev–Trinajstić information content (AvgIpc) is 2.93. The molecule has 0 aromatic heterocycles. The summed E-state index contributed by atoms with van der Waals surface area (Å²) >= 11 is 0. The van der Waals surface area contributed by atoms with Gasteiger partial charge in [0, 0.05) is 17.3 Å². The topological polar surface area (TPSA) is 78.7 Å². The second kappa shape index (κ2) is 5.71. The highest BCUT2D eigenvalue weighted by Gasteiger charge is 2.35. The minimum absolute atomic E-state index is 0.144. The lowest BCUT2D eigenvalue weighted by atomic mass is 9.76. The molecule has 2 aliphatic rings. The molecule has 0 bridgehead atoms. The number of carbonyl (C=O) groups excluding carboxylic acids is 1. The average molecular weight is 291 g/mol. The molecule has 6 heteroatoms. The van der Waals surface area contributed by atoms with Gasteiger partial charge in [-0.1, -0.05) is 12.5 Å². The normalized spacial score (nSPS) is 22.1. The van der Waals surface area contributed by atoms with E-state index in [2.05, 4.69) is 0 Å². The lowest BCUT2D eigenvalue weighted by Crippen LogP contribution is -2.30. The SMILES string of the molecule is O=C1CCCC[C@@H]1[C@H](C[N+](=O)[O-])c1ccc2c(c1)OCO2. The Labute approximate surface area is 122 Å². The molecule has 21 heavy (non-hydrogen) atoms. The van der Waals surface area contributed by atoms with E-state index in [1.54, 1.807) is 12.1 Å². The van der Waals surface area contributed by atoms with Gasteiger partial charge in [0.05, 0.1) is 5.92 Å². The fraction of sp³-hybridized carbons (Fsp3) is 0.533. The van der Waals surface area contributed by atoms with Gasteiger partial charge in [-0.25, -0.2) is 0 Å². The number of ether oxygens (including phenoxy) is 2. The highest BCUT2D eigenvalue weighted by Crippen LogP contribution is 2.39. The highest BCUT2D eigenvalue weighted by atomic mass is 16.7. The van der Waals surface area contributed by atoms with E-state index in [0.29, 0.717) is 17.9 Å². The van der Waals surface area contributed by atoms with Gasteiger partial charge in [0.25, 0.3) is 0 Å². The van der Waals surface area contributed by atoms with Crippen molar-refractivity contribution in [3.05, 3.63) is 33.9 Å². The molecule has 0 amide bonds. The van der Waals surface area contributed by atoms with Crippen LogP contribution in [-0.4, -0.2) is 24.0 Å². The third kappa shape index (κ3) is 2.84. The Kier molecular flexibility index (Phi) is 3.77. The summed E-state index contributed by atoms with van der Waals surface area (Å²) in [5.74, 6) is 0.746. The molecule has 1 saturated carbocycles. The molecule has 1 aromatic rings. The van der Waals surface area contributed by atoms with Crippen LogP contribution < -0.4 is 9.47 Å². The van der Waals surface area contributed by atoms with Crippen molar-refractivity contribution < 1.29 is 19.2 Å². The number of benzene rings is 1. The summed E-state index contributed by atoms with van der Waals surface area (Å²) in [5, 5.41) is 11.0. The maximum atomic E-state index is 12.1.